The van der Waals surface area contributed by atoms with Crippen LogP contribution in [-0.4, -0.2) is 12.4 Å². The van der Waals surface area contributed by atoms with Gasteiger partial charge in [0.2, 0.25) is 0 Å². The highest BCUT2D eigenvalue weighted by atomic mass is 32.2. The maximum atomic E-state index is 5.60. The van der Waals surface area contributed by atoms with Crippen LogP contribution >= 0.6 is 11.8 Å². The van der Waals surface area contributed by atoms with Crippen LogP contribution in [0.1, 0.15) is 40.5 Å². The Labute approximate surface area is 85.9 Å². The second-order valence-corrected chi connectivity index (χ2v) is 4.96. The van der Waals surface area contributed by atoms with Crippen molar-refractivity contribution in [1.29, 1.82) is 0 Å². The van der Waals surface area contributed by atoms with E-state index in [1.54, 1.807) is 0 Å². The molecule has 1 rings (SSSR count). The smallest absolute Gasteiger partial charge is 0.103 e. The molecule has 0 aromatic heterocycles. The Morgan fingerprint density at radius 2 is 2.00 bits per heavy atom. The van der Waals surface area contributed by atoms with E-state index in [0.717, 1.165) is 18.1 Å². The fraction of sp³-hybridized carbons (Fsp3) is 0.818. The third kappa shape index (κ3) is 2.22. The predicted octanol–water partition coefficient (Wildman–Crippen LogP) is 3.81. The number of allylic oxidation sites excluding steroid dienone is 2. The highest BCUT2D eigenvalue weighted by Crippen LogP contribution is 2.44. The van der Waals surface area contributed by atoms with Crippen LogP contribution in [0.15, 0.2) is 10.7 Å². The minimum atomic E-state index is 0.342. The van der Waals surface area contributed by atoms with E-state index >= 15 is 0 Å². The Balaban J connectivity index is 2.89. The van der Waals surface area contributed by atoms with Crippen LogP contribution in [0, 0.1) is 5.41 Å². The Kier molecular flexibility index (Phi) is 3.72. The standard InChI is InChI=1S/C11H20OS/c1-5-11(4,6-2)10-9(3)12-7-8-13-10/h5-8H2,1-4H3. The Morgan fingerprint density at radius 3 is 2.46 bits per heavy atom. The number of ether oxygens (including phenoxy) is 1. The van der Waals surface area contributed by atoms with E-state index in [1.165, 1.54) is 17.7 Å². The van der Waals surface area contributed by atoms with Crippen molar-refractivity contribution >= 4 is 11.8 Å². The fourth-order valence-electron chi connectivity index (χ4n) is 1.68. The molecule has 13 heavy (non-hydrogen) atoms. The molecule has 0 unspecified atom stereocenters. The Hall–Kier alpha value is -0.110. The lowest BCUT2D eigenvalue weighted by Gasteiger charge is -2.33. The molecular weight excluding hydrogens is 180 g/mol. The van der Waals surface area contributed by atoms with Crippen molar-refractivity contribution in [2.24, 2.45) is 5.41 Å². The van der Waals surface area contributed by atoms with Gasteiger partial charge in [-0.05, 0) is 19.8 Å². The zero-order chi connectivity index (χ0) is 9.90. The van der Waals surface area contributed by atoms with Crippen molar-refractivity contribution in [2.45, 2.75) is 40.5 Å². The second kappa shape index (κ2) is 4.41. The van der Waals surface area contributed by atoms with Gasteiger partial charge in [-0.2, -0.15) is 0 Å². The molecule has 0 aromatic rings. The second-order valence-electron chi connectivity index (χ2n) is 3.85. The van der Waals surface area contributed by atoms with Crippen LogP contribution in [-0.2, 0) is 4.74 Å². The number of rotatable bonds is 3. The molecule has 0 N–H and O–H groups in total. The SMILES string of the molecule is CCC(C)(CC)C1=C(C)OCCS1. The first kappa shape index (κ1) is 11.0. The van der Waals surface area contributed by atoms with Crippen LogP contribution in [0.2, 0.25) is 0 Å². The number of hydrogen-bond acceptors (Lipinski definition) is 2. The summed E-state index contributed by atoms with van der Waals surface area (Å²) in [7, 11) is 0. The summed E-state index contributed by atoms with van der Waals surface area (Å²) in [5.41, 5.74) is 0.342. The summed E-state index contributed by atoms with van der Waals surface area (Å²) in [5.74, 6) is 2.27. The molecule has 0 radical (unpaired) electrons. The van der Waals surface area contributed by atoms with E-state index in [1.807, 2.05) is 11.8 Å². The molecule has 0 fully saturated rings. The van der Waals surface area contributed by atoms with Crippen molar-refractivity contribution in [3.05, 3.63) is 10.7 Å². The lowest BCUT2D eigenvalue weighted by atomic mass is 9.83. The highest BCUT2D eigenvalue weighted by Gasteiger charge is 2.29. The average molecular weight is 200 g/mol. The van der Waals surface area contributed by atoms with Crippen LogP contribution < -0.4 is 0 Å². The Morgan fingerprint density at radius 1 is 1.38 bits per heavy atom. The molecule has 1 heterocycles. The van der Waals surface area contributed by atoms with Gasteiger partial charge in [-0.1, -0.05) is 20.8 Å². The van der Waals surface area contributed by atoms with Gasteiger partial charge in [0, 0.05) is 16.1 Å². The van der Waals surface area contributed by atoms with Crippen molar-refractivity contribution < 1.29 is 4.74 Å². The summed E-state index contributed by atoms with van der Waals surface area (Å²) in [4.78, 5) is 1.48. The van der Waals surface area contributed by atoms with Gasteiger partial charge in [0.1, 0.15) is 5.76 Å². The summed E-state index contributed by atoms with van der Waals surface area (Å²) in [6.07, 6.45) is 2.40. The van der Waals surface area contributed by atoms with Gasteiger partial charge < -0.3 is 4.74 Å². The van der Waals surface area contributed by atoms with Gasteiger partial charge in [0.15, 0.2) is 0 Å². The molecule has 76 valence electrons. The highest BCUT2D eigenvalue weighted by molar-refractivity contribution is 8.03. The third-order valence-electron chi connectivity index (χ3n) is 3.08. The molecule has 0 spiro atoms. The van der Waals surface area contributed by atoms with E-state index < -0.39 is 0 Å². The topological polar surface area (TPSA) is 9.23 Å². The molecule has 1 aliphatic heterocycles. The summed E-state index contributed by atoms with van der Waals surface area (Å²) in [6.45, 7) is 9.85. The lowest BCUT2D eigenvalue weighted by Crippen LogP contribution is -2.20. The van der Waals surface area contributed by atoms with Crippen LogP contribution in [0.25, 0.3) is 0 Å². The lowest BCUT2D eigenvalue weighted by molar-refractivity contribution is 0.216. The van der Waals surface area contributed by atoms with Gasteiger partial charge in [0.05, 0.1) is 6.61 Å². The fourth-order valence-corrected chi connectivity index (χ4v) is 2.95. The van der Waals surface area contributed by atoms with E-state index in [-0.39, 0.29) is 0 Å². The minimum Gasteiger partial charge on any atom is -0.497 e. The Bertz CT molecular complexity index is 204. The molecule has 1 aliphatic rings. The molecule has 1 nitrogen and oxygen atoms in total. The molecule has 0 aromatic carbocycles. The molecule has 0 saturated carbocycles. The zero-order valence-electron chi connectivity index (χ0n) is 9.14. The first-order valence-corrected chi connectivity index (χ1v) is 6.09. The number of hydrogen-bond donors (Lipinski definition) is 0. The van der Waals surface area contributed by atoms with Crippen LogP contribution in [0.5, 0.6) is 0 Å². The van der Waals surface area contributed by atoms with E-state index in [4.69, 9.17) is 4.74 Å². The van der Waals surface area contributed by atoms with Gasteiger partial charge in [-0.3, -0.25) is 0 Å². The van der Waals surface area contributed by atoms with E-state index in [0.29, 0.717) is 5.41 Å². The molecule has 0 saturated heterocycles. The molecule has 0 atom stereocenters. The molecular formula is C11H20OS. The maximum absolute atomic E-state index is 5.60. The number of thioether (sulfide) groups is 1. The molecule has 2 heteroatoms. The van der Waals surface area contributed by atoms with Crippen molar-refractivity contribution in [3.8, 4) is 0 Å². The summed E-state index contributed by atoms with van der Waals surface area (Å²) >= 11 is 1.98. The summed E-state index contributed by atoms with van der Waals surface area (Å²) < 4.78 is 5.60. The maximum Gasteiger partial charge on any atom is 0.103 e. The normalized spacial score (nSPS) is 18.8. The van der Waals surface area contributed by atoms with Crippen LogP contribution in [0.3, 0.4) is 0 Å². The zero-order valence-corrected chi connectivity index (χ0v) is 9.96. The first-order chi connectivity index (χ1) is 6.14. The average Bonchev–Trinajstić information content (AvgIpc) is 2.17. The van der Waals surface area contributed by atoms with Crippen molar-refractivity contribution in [1.82, 2.24) is 0 Å². The van der Waals surface area contributed by atoms with Gasteiger partial charge in [-0.25, -0.2) is 0 Å². The summed E-state index contributed by atoms with van der Waals surface area (Å²) in [6, 6.07) is 0. The summed E-state index contributed by atoms with van der Waals surface area (Å²) in [5, 5.41) is 0. The van der Waals surface area contributed by atoms with E-state index in [9.17, 15) is 0 Å². The van der Waals surface area contributed by atoms with Crippen molar-refractivity contribution in [3.63, 3.8) is 0 Å². The van der Waals surface area contributed by atoms with Crippen LogP contribution in [0.4, 0.5) is 0 Å². The largest absolute Gasteiger partial charge is 0.497 e. The van der Waals surface area contributed by atoms with Gasteiger partial charge >= 0.3 is 0 Å². The minimum absolute atomic E-state index is 0.342. The quantitative estimate of drug-likeness (QED) is 0.685. The first-order valence-electron chi connectivity index (χ1n) is 5.11. The molecule has 0 aliphatic carbocycles. The van der Waals surface area contributed by atoms with E-state index in [2.05, 4.69) is 27.7 Å². The molecule has 0 amide bonds. The molecule has 0 bridgehead atoms. The van der Waals surface area contributed by atoms with Crippen molar-refractivity contribution in [2.75, 3.05) is 12.4 Å². The monoisotopic (exact) mass is 200 g/mol. The van der Waals surface area contributed by atoms with Gasteiger partial charge in [-0.15, -0.1) is 11.8 Å². The predicted molar refractivity (Wildman–Crippen MR) is 59.8 cm³/mol. The van der Waals surface area contributed by atoms with Gasteiger partial charge in [0.25, 0.3) is 0 Å². The third-order valence-corrected chi connectivity index (χ3v) is 4.52.